The molecule has 0 unspecified atom stereocenters. The molecule has 4 heteroatoms. The van der Waals surface area contributed by atoms with Crippen molar-refractivity contribution in [1.82, 2.24) is 10.6 Å². The van der Waals surface area contributed by atoms with Gasteiger partial charge in [0.05, 0.1) is 12.6 Å². The first-order valence-electron chi connectivity index (χ1n) is 8.37. The van der Waals surface area contributed by atoms with Gasteiger partial charge in [-0.15, -0.1) is 11.3 Å². The van der Waals surface area contributed by atoms with E-state index >= 15 is 0 Å². The number of hydrogen-bond donors (Lipinski definition) is 2. The minimum absolute atomic E-state index is 0.000685. The molecule has 1 atom stereocenters. The number of rotatable bonds is 7. The molecule has 0 saturated heterocycles. The second kappa shape index (κ2) is 8.60. The third-order valence-corrected chi connectivity index (χ3v) is 5.10. The third kappa shape index (κ3) is 4.78. The maximum absolute atomic E-state index is 12.3. The monoisotopic (exact) mass is 350 g/mol. The smallest absolute Gasteiger partial charge is 0.234 e. The molecule has 0 radical (unpaired) electrons. The first-order chi connectivity index (χ1) is 12.2. The van der Waals surface area contributed by atoms with E-state index in [1.165, 1.54) is 10.4 Å². The van der Waals surface area contributed by atoms with Gasteiger partial charge in [0.1, 0.15) is 0 Å². The van der Waals surface area contributed by atoms with Gasteiger partial charge in [0.15, 0.2) is 0 Å². The summed E-state index contributed by atoms with van der Waals surface area (Å²) in [6.07, 6.45) is 0. The quantitative estimate of drug-likeness (QED) is 0.675. The Balaban J connectivity index is 1.60. The number of aryl methyl sites for hydroxylation is 1. The van der Waals surface area contributed by atoms with Crippen molar-refractivity contribution >= 4 is 17.2 Å². The summed E-state index contributed by atoms with van der Waals surface area (Å²) in [6.45, 7) is 2.90. The topological polar surface area (TPSA) is 41.1 Å². The minimum Gasteiger partial charge on any atom is -0.351 e. The summed E-state index contributed by atoms with van der Waals surface area (Å²) in [7, 11) is 0. The lowest BCUT2D eigenvalue weighted by Crippen LogP contribution is -2.35. The van der Waals surface area contributed by atoms with E-state index in [-0.39, 0.29) is 18.5 Å². The second-order valence-electron chi connectivity index (χ2n) is 5.94. The first-order valence-corrected chi connectivity index (χ1v) is 9.25. The molecule has 1 aromatic heterocycles. The summed E-state index contributed by atoms with van der Waals surface area (Å²) >= 11 is 1.70. The average Bonchev–Trinajstić information content (AvgIpc) is 3.16. The normalized spacial score (nSPS) is 11.9. The molecule has 0 spiro atoms. The van der Waals surface area contributed by atoms with Crippen LogP contribution in [0.4, 0.5) is 0 Å². The SMILES string of the molecule is Cc1ccccc1CNC(=O)CN[C@H](c1ccccc1)c1cccs1. The van der Waals surface area contributed by atoms with Gasteiger partial charge >= 0.3 is 0 Å². The molecule has 3 nitrogen and oxygen atoms in total. The fourth-order valence-corrected chi connectivity index (χ4v) is 3.57. The van der Waals surface area contributed by atoms with Crippen LogP contribution in [0.2, 0.25) is 0 Å². The summed E-state index contributed by atoms with van der Waals surface area (Å²) < 4.78 is 0. The molecular weight excluding hydrogens is 328 g/mol. The molecule has 0 bridgehead atoms. The molecule has 128 valence electrons. The molecule has 1 heterocycles. The van der Waals surface area contributed by atoms with E-state index in [0.717, 1.165) is 11.1 Å². The van der Waals surface area contributed by atoms with E-state index in [2.05, 4.69) is 47.2 Å². The van der Waals surface area contributed by atoms with E-state index in [1.807, 2.05) is 42.5 Å². The first kappa shape index (κ1) is 17.4. The second-order valence-corrected chi connectivity index (χ2v) is 6.92. The lowest BCUT2D eigenvalue weighted by Gasteiger charge is -2.18. The van der Waals surface area contributed by atoms with Crippen LogP contribution in [0.15, 0.2) is 72.1 Å². The van der Waals surface area contributed by atoms with Crippen molar-refractivity contribution < 1.29 is 4.79 Å². The van der Waals surface area contributed by atoms with Gasteiger partial charge in [-0.2, -0.15) is 0 Å². The summed E-state index contributed by atoms with van der Waals surface area (Å²) in [5.41, 5.74) is 3.50. The Morgan fingerprint density at radius 1 is 1.00 bits per heavy atom. The molecule has 2 N–H and O–H groups in total. The molecule has 25 heavy (non-hydrogen) atoms. The molecule has 0 aliphatic heterocycles. The third-order valence-electron chi connectivity index (χ3n) is 4.16. The van der Waals surface area contributed by atoms with Crippen LogP contribution < -0.4 is 10.6 Å². The van der Waals surface area contributed by atoms with E-state index in [0.29, 0.717) is 6.54 Å². The fraction of sp³-hybridized carbons (Fsp3) is 0.190. The van der Waals surface area contributed by atoms with Gasteiger partial charge in [0.25, 0.3) is 0 Å². The molecular formula is C21H22N2OS. The largest absolute Gasteiger partial charge is 0.351 e. The lowest BCUT2D eigenvalue weighted by molar-refractivity contribution is -0.120. The van der Waals surface area contributed by atoms with Gasteiger partial charge in [-0.3, -0.25) is 10.1 Å². The molecule has 1 amide bonds. The highest BCUT2D eigenvalue weighted by molar-refractivity contribution is 7.10. The van der Waals surface area contributed by atoms with E-state index in [1.54, 1.807) is 11.3 Å². The van der Waals surface area contributed by atoms with Gasteiger partial charge in [-0.1, -0.05) is 60.7 Å². The van der Waals surface area contributed by atoms with Crippen LogP contribution in [0.3, 0.4) is 0 Å². The van der Waals surface area contributed by atoms with Gasteiger partial charge in [-0.05, 0) is 35.1 Å². The summed E-state index contributed by atoms with van der Waals surface area (Å²) in [5, 5.41) is 8.44. The van der Waals surface area contributed by atoms with Crippen LogP contribution in [0.1, 0.15) is 27.6 Å². The van der Waals surface area contributed by atoms with E-state index in [4.69, 9.17) is 0 Å². The van der Waals surface area contributed by atoms with E-state index < -0.39 is 0 Å². The van der Waals surface area contributed by atoms with Crippen LogP contribution in [-0.2, 0) is 11.3 Å². The zero-order valence-corrected chi connectivity index (χ0v) is 15.1. The number of amides is 1. The van der Waals surface area contributed by atoms with Gasteiger partial charge in [-0.25, -0.2) is 0 Å². The summed E-state index contributed by atoms with van der Waals surface area (Å²) in [6, 6.07) is 22.5. The maximum Gasteiger partial charge on any atom is 0.234 e. The Morgan fingerprint density at radius 3 is 2.48 bits per heavy atom. The zero-order chi connectivity index (χ0) is 17.5. The Kier molecular flexibility index (Phi) is 5.99. The number of benzene rings is 2. The average molecular weight is 350 g/mol. The Bertz CT molecular complexity index is 800. The minimum atomic E-state index is 0.000685. The van der Waals surface area contributed by atoms with Crippen molar-refractivity contribution in [2.75, 3.05) is 6.54 Å². The molecule has 3 rings (SSSR count). The Labute approximate surface area is 152 Å². The van der Waals surface area contributed by atoms with Crippen molar-refractivity contribution in [2.24, 2.45) is 0 Å². The summed E-state index contributed by atoms with van der Waals surface area (Å²) in [5.74, 6) is 0.000685. The zero-order valence-electron chi connectivity index (χ0n) is 14.2. The molecule has 0 fully saturated rings. The Morgan fingerprint density at radius 2 is 1.76 bits per heavy atom. The Hall–Kier alpha value is -2.43. The van der Waals surface area contributed by atoms with Crippen LogP contribution in [0.5, 0.6) is 0 Å². The maximum atomic E-state index is 12.3. The highest BCUT2D eigenvalue weighted by atomic mass is 32.1. The highest BCUT2D eigenvalue weighted by Crippen LogP contribution is 2.25. The van der Waals surface area contributed by atoms with Crippen molar-refractivity contribution in [3.63, 3.8) is 0 Å². The number of thiophene rings is 1. The van der Waals surface area contributed by atoms with Crippen molar-refractivity contribution in [2.45, 2.75) is 19.5 Å². The predicted molar refractivity (Wildman–Crippen MR) is 104 cm³/mol. The molecule has 0 aliphatic rings. The van der Waals surface area contributed by atoms with Crippen LogP contribution in [-0.4, -0.2) is 12.5 Å². The number of carbonyl (C=O) groups excluding carboxylic acids is 1. The van der Waals surface area contributed by atoms with Crippen molar-refractivity contribution in [3.8, 4) is 0 Å². The van der Waals surface area contributed by atoms with E-state index in [9.17, 15) is 4.79 Å². The summed E-state index contributed by atoms with van der Waals surface area (Å²) in [4.78, 5) is 13.5. The highest BCUT2D eigenvalue weighted by Gasteiger charge is 2.15. The molecule has 2 aromatic carbocycles. The predicted octanol–water partition coefficient (Wildman–Crippen LogP) is 4.05. The van der Waals surface area contributed by atoms with Crippen LogP contribution >= 0.6 is 11.3 Å². The number of hydrogen-bond acceptors (Lipinski definition) is 3. The standard InChI is InChI=1S/C21H22N2OS/c1-16-8-5-6-11-18(16)14-22-20(24)15-23-21(19-12-7-13-25-19)17-9-3-2-4-10-17/h2-13,21,23H,14-15H2,1H3,(H,22,24)/t21-/m1/s1. The fourth-order valence-electron chi connectivity index (χ4n) is 2.74. The van der Waals surface area contributed by atoms with Crippen molar-refractivity contribution in [1.29, 1.82) is 0 Å². The van der Waals surface area contributed by atoms with Crippen LogP contribution in [0.25, 0.3) is 0 Å². The van der Waals surface area contributed by atoms with Gasteiger partial charge in [0.2, 0.25) is 5.91 Å². The number of carbonyl (C=O) groups is 1. The molecule has 0 aliphatic carbocycles. The van der Waals surface area contributed by atoms with Gasteiger partial charge in [0, 0.05) is 11.4 Å². The van der Waals surface area contributed by atoms with Crippen LogP contribution in [0, 0.1) is 6.92 Å². The van der Waals surface area contributed by atoms with Crippen molar-refractivity contribution in [3.05, 3.63) is 93.7 Å². The van der Waals surface area contributed by atoms with Gasteiger partial charge < -0.3 is 5.32 Å². The molecule has 3 aromatic rings. The number of nitrogens with one attached hydrogen (secondary N) is 2. The molecule has 0 saturated carbocycles. The lowest BCUT2D eigenvalue weighted by atomic mass is 10.1.